The zero-order chi connectivity index (χ0) is 19.8. The van der Waals surface area contributed by atoms with Gasteiger partial charge in [-0.15, -0.1) is 0 Å². The first-order valence-electron chi connectivity index (χ1n) is 7.81. The molecule has 0 spiro atoms. The van der Waals surface area contributed by atoms with E-state index in [0.717, 1.165) is 18.2 Å². The van der Waals surface area contributed by atoms with Gasteiger partial charge in [0.2, 0.25) is 5.91 Å². The molecule has 27 heavy (non-hydrogen) atoms. The third-order valence-electron chi connectivity index (χ3n) is 3.43. The minimum absolute atomic E-state index is 0.101. The van der Waals surface area contributed by atoms with Crippen LogP contribution < -0.4 is 10.6 Å². The lowest BCUT2D eigenvalue weighted by Gasteiger charge is -2.07. The van der Waals surface area contributed by atoms with Gasteiger partial charge in [-0.3, -0.25) is 19.7 Å². The fourth-order valence-electron chi connectivity index (χ4n) is 2.14. The predicted octanol–water partition coefficient (Wildman–Crippen LogP) is 2.95. The minimum Gasteiger partial charge on any atom is -0.351 e. The van der Waals surface area contributed by atoms with Gasteiger partial charge in [-0.1, -0.05) is 23.7 Å². The summed E-state index contributed by atoms with van der Waals surface area (Å²) in [5.41, 5.74) is -0.0105. The SMILES string of the molecule is O=C(C=Cc1ccc(F)cc1[N+](=O)[O-])NCCNC(=O)c1ccccc1Cl. The summed E-state index contributed by atoms with van der Waals surface area (Å²) in [7, 11) is 0. The molecule has 0 aliphatic heterocycles. The lowest BCUT2D eigenvalue weighted by molar-refractivity contribution is -0.385. The molecular weight excluding hydrogens is 377 g/mol. The number of nitro benzene ring substituents is 1. The molecule has 0 bridgehead atoms. The second-order valence-corrected chi connectivity index (χ2v) is 5.73. The van der Waals surface area contributed by atoms with Gasteiger partial charge in [0.05, 0.1) is 27.1 Å². The second kappa shape index (κ2) is 9.44. The van der Waals surface area contributed by atoms with Crippen molar-refractivity contribution in [3.05, 3.63) is 80.6 Å². The molecule has 2 aromatic rings. The predicted molar refractivity (Wildman–Crippen MR) is 98.9 cm³/mol. The molecule has 0 radical (unpaired) electrons. The molecule has 0 aliphatic rings. The van der Waals surface area contributed by atoms with E-state index >= 15 is 0 Å². The highest BCUT2D eigenvalue weighted by Gasteiger charge is 2.13. The number of nitro groups is 1. The first-order chi connectivity index (χ1) is 12.9. The maximum atomic E-state index is 13.1. The fourth-order valence-corrected chi connectivity index (χ4v) is 2.36. The first kappa shape index (κ1) is 20.1. The molecule has 9 heteroatoms. The average molecular weight is 392 g/mol. The van der Waals surface area contributed by atoms with Gasteiger partial charge in [-0.05, 0) is 30.3 Å². The number of carbonyl (C=O) groups is 2. The summed E-state index contributed by atoms with van der Waals surface area (Å²) in [6, 6.07) is 9.61. The highest BCUT2D eigenvalue weighted by molar-refractivity contribution is 6.33. The Morgan fingerprint density at radius 1 is 1.15 bits per heavy atom. The van der Waals surface area contributed by atoms with Crippen LogP contribution in [0.1, 0.15) is 15.9 Å². The Morgan fingerprint density at radius 2 is 1.85 bits per heavy atom. The largest absolute Gasteiger partial charge is 0.351 e. The van der Waals surface area contributed by atoms with Gasteiger partial charge in [0.1, 0.15) is 5.82 Å². The summed E-state index contributed by atoms with van der Waals surface area (Å²) >= 11 is 5.92. The molecule has 7 nitrogen and oxygen atoms in total. The zero-order valence-electron chi connectivity index (χ0n) is 13.9. The third kappa shape index (κ3) is 5.89. The van der Waals surface area contributed by atoms with Crippen LogP contribution in [0.15, 0.2) is 48.5 Å². The van der Waals surface area contributed by atoms with Gasteiger partial charge in [0.25, 0.3) is 11.6 Å². The molecule has 0 aliphatic carbocycles. The van der Waals surface area contributed by atoms with Crippen LogP contribution in [0.4, 0.5) is 10.1 Å². The van der Waals surface area contributed by atoms with Crippen molar-refractivity contribution >= 4 is 35.2 Å². The molecular formula is C18H15ClFN3O4. The van der Waals surface area contributed by atoms with E-state index in [2.05, 4.69) is 10.6 Å². The van der Waals surface area contributed by atoms with E-state index in [0.29, 0.717) is 10.6 Å². The molecule has 2 amide bonds. The Morgan fingerprint density at radius 3 is 2.56 bits per heavy atom. The van der Waals surface area contributed by atoms with E-state index in [1.54, 1.807) is 24.3 Å². The molecule has 0 fully saturated rings. The number of rotatable bonds is 7. The Hall–Kier alpha value is -3.26. The lowest BCUT2D eigenvalue weighted by atomic mass is 10.1. The number of benzene rings is 2. The Balaban J connectivity index is 1.83. The average Bonchev–Trinajstić information content (AvgIpc) is 2.64. The van der Waals surface area contributed by atoms with E-state index in [1.807, 2.05) is 0 Å². The van der Waals surface area contributed by atoms with Crippen molar-refractivity contribution < 1.29 is 18.9 Å². The molecule has 2 N–H and O–H groups in total. The zero-order valence-corrected chi connectivity index (χ0v) is 14.7. The number of nitrogens with one attached hydrogen (secondary N) is 2. The number of amides is 2. The van der Waals surface area contributed by atoms with E-state index in [4.69, 9.17) is 11.6 Å². The van der Waals surface area contributed by atoms with Gasteiger partial charge in [0.15, 0.2) is 0 Å². The van der Waals surface area contributed by atoms with Gasteiger partial charge in [-0.25, -0.2) is 4.39 Å². The van der Waals surface area contributed by atoms with Crippen molar-refractivity contribution in [3.8, 4) is 0 Å². The summed E-state index contributed by atoms with van der Waals surface area (Å²) in [6.45, 7) is 0.311. The summed E-state index contributed by atoms with van der Waals surface area (Å²) < 4.78 is 13.1. The number of nitrogens with zero attached hydrogens (tertiary/aromatic N) is 1. The summed E-state index contributed by atoms with van der Waals surface area (Å²) in [4.78, 5) is 33.8. The molecule has 0 saturated heterocycles. The quantitative estimate of drug-likeness (QED) is 0.328. The number of halogens is 2. The van der Waals surface area contributed by atoms with E-state index in [1.165, 1.54) is 12.1 Å². The third-order valence-corrected chi connectivity index (χ3v) is 3.76. The van der Waals surface area contributed by atoms with Crippen LogP contribution in [-0.4, -0.2) is 29.8 Å². The lowest BCUT2D eigenvalue weighted by Crippen LogP contribution is -2.34. The molecule has 0 atom stereocenters. The van der Waals surface area contributed by atoms with E-state index < -0.39 is 22.3 Å². The van der Waals surface area contributed by atoms with Gasteiger partial charge >= 0.3 is 0 Å². The van der Waals surface area contributed by atoms with Crippen molar-refractivity contribution in [2.24, 2.45) is 0 Å². The van der Waals surface area contributed by atoms with Crippen molar-refractivity contribution in [1.82, 2.24) is 10.6 Å². The minimum atomic E-state index is -0.738. The van der Waals surface area contributed by atoms with Crippen LogP contribution in [0.3, 0.4) is 0 Å². The molecule has 0 saturated carbocycles. The van der Waals surface area contributed by atoms with E-state index in [-0.39, 0.29) is 24.6 Å². The Bertz CT molecular complexity index is 902. The molecule has 0 heterocycles. The molecule has 0 aromatic heterocycles. The number of carbonyl (C=O) groups excluding carboxylic acids is 2. The van der Waals surface area contributed by atoms with Crippen LogP contribution in [0, 0.1) is 15.9 Å². The summed E-state index contributed by atoms with van der Waals surface area (Å²) in [5, 5.41) is 16.3. The van der Waals surface area contributed by atoms with Crippen LogP contribution in [0.5, 0.6) is 0 Å². The van der Waals surface area contributed by atoms with Crippen molar-refractivity contribution in [3.63, 3.8) is 0 Å². The standard InChI is InChI=1S/C18H15ClFN3O4/c19-15-4-2-1-3-14(15)18(25)22-10-9-21-17(24)8-6-12-5-7-13(20)11-16(12)23(26)27/h1-8,11H,9-10H2,(H,21,24)(H,22,25). The first-order valence-corrected chi connectivity index (χ1v) is 8.19. The van der Waals surface area contributed by atoms with Gasteiger partial charge < -0.3 is 10.6 Å². The Labute approximate surface area is 159 Å². The second-order valence-electron chi connectivity index (χ2n) is 5.32. The smallest absolute Gasteiger partial charge is 0.279 e. The van der Waals surface area contributed by atoms with Crippen LogP contribution in [0.2, 0.25) is 5.02 Å². The van der Waals surface area contributed by atoms with Gasteiger partial charge in [-0.2, -0.15) is 0 Å². The van der Waals surface area contributed by atoms with Crippen molar-refractivity contribution in [2.45, 2.75) is 0 Å². The highest BCUT2D eigenvalue weighted by Crippen LogP contribution is 2.21. The van der Waals surface area contributed by atoms with Crippen molar-refractivity contribution in [2.75, 3.05) is 13.1 Å². The molecule has 2 aromatic carbocycles. The monoisotopic (exact) mass is 391 g/mol. The highest BCUT2D eigenvalue weighted by atomic mass is 35.5. The number of hydrogen-bond donors (Lipinski definition) is 2. The van der Waals surface area contributed by atoms with Crippen LogP contribution >= 0.6 is 11.6 Å². The maximum Gasteiger partial charge on any atom is 0.279 e. The molecule has 140 valence electrons. The van der Waals surface area contributed by atoms with E-state index in [9.17, 15) is 24.1 Å². The molecule has 2 rings (SSSR count). The van der Waals surface area contributed by atoms with Crippen molar-refractivity contribution in [1.29, 1.82) is 0 Å². The van der Waals surface area contributed by atoms with Crippen LogP contribution in [0.25, 0.3) is 6.08 Å². The summed E-state index contributed by atoms with van der Waals surface area (Å²) in [5.74, 6) is -1.62. The van der Waals surface area contributed by atoms with Crippen LogP contribution in [-0.2, 0) is 4.79 Å². The molecule has 0 unspecified atom stereocenters. The topological polar surface area (TPSA) is 101 Å². The Kier molecular flexibility index (Phi) is 7.01. The number of hydrogen-bond acceptors (Lipinski definition) is 4. The summed E-state index contributed by atoms with van der Waals surface area (Å²) in [6.07, 6.45) is 2.31. The maximum absolute atomic E-state index is 13.1. The fraction of sp³-hybridized carbons (Fsp3) is 0.111. The normalized spacial score (nSPS) is 10.6. The van der Waals surface area contributed by atoms with Gasteiger partial charge in [0, 0.05) is 19.2 Å².